The third-order valence-corrected chi connectivity index (χ3v) is 3.96. The van der Waals surface area contributed by atoms with Crippen LogP contribution in [0.1, 0.15) is 32.5 Å². The van der Waals surface area contributed by atoms with Gasteiger partial charge in [-0.25, -0.2) is 0 Å². The number of nitrogens with zero attached hydrogens (tertiary/aromatic N) is 3. The zero-order valence-electron chi connectivity index (χ0n) is 12.3. The van der Waals surface area contributed by atoms with E-state index < -0.39 is 0 Å². The van der Waals surface area contributed by atoms with Crippen LogP contribution in [0.5, 0.6) is 0 Å². The van der Waals surface area contributed by atoms with Crippen molar-refractivity contribution in [3.8, 4) is 0 Å². The van der Waals surface area contributed by atoms with Crippen molar-refractivity contribution >= 4 is 0 Å². The molecule has 106 valence electrons. The maximum atomic E-state index is 6.20. The fourth-order valence-corrected chi connectivity index (χ4v) is 2.87. The third-order valence-electron chi connectivity index (χ3n) is 3.96. The average Bonchev–Trinajstić information content (AvgIpc) is 2.40. The zero-order valence-corrected chi connectivity index (χ0v) is 12.3. The number of pyridine rings is 1. The molecule has 1 saturated heterocycles. The Morgan fingerprint density at radius 2 is 1.68 bits per heavy atom. The van der Waals surface area contributed by atoms with Gasteiger partial charge >= 0.3 is 0 Å². The van der Waals surface area contributed by atoms with Gasteiger partial charge in [0.15, 0.2) is 0 Å². The van der Waals surface area contributed by atoms with Crippen molar-refractivity contribution < 1.29 is 0 Å². The number of nitrogens with two attached hydrogens (primary N) is 1. The fraction of sp³-hybridized carbons (Fsp3) is 0.667. The van der Waals surface area contributed by atoms with Crippen LogP contribution in [0.25, 0.3) is 0 Å². The number of hydrogen-bond acceptors (Lipinski definition) is 4. The minimum atomic E-state index is 0.0977. The molecular weight excluding hydrogens is 236 g/mol. The summed E-state index contributed by atoms with van der Waals surface area (Å²) < 4.78 is 0. The molecule has 2 rings (SSSR count). The van der Waals surface area contributed by atoms with Gasteiger partial charge in [0.2, 0.25) is 0 Å². The summed E-state index contributed by atoms with van der Waals surface area (Å²) >= 11 is 0. The summed E-state index contributed by atoms with van der Waals surface area (Å²) in [7, 11) is 0. The lowest BCUT2D eigenvalue weighted by Crippen LogP contribution is -2.52. The van der Waals surface area contributed by atoms with Gasteiger partial charge in [0.1, 0.15) is 0 Å². The van der Waals surface area contributed by atoms with Crippen LogP contribution in [-0.4, -0.2) is 53.0 Å². The normalized spacial score (nSPS) is 21.5. The standard InChI is InChI=1S/C15H26N4/c1-12(2)18-8-10-19(11-9-18)15(13(3)16)14-6-4-5-7-17-14/h4-7,12-13,15H,8-11,16H2,1-3H3. The highest BCUT2D eigenvalue weighted by atomic mass is 15.3. The van der Waals surface area contributed by atoms with Gasteiger partial charge in [-0.3, -0.25) is 14.8 Å². The molecule has 2 N–H and O–H groups in total. The minimum absolute atomic E-state index is 0.0977. The van der Waals surface area contributed by atoms with Crippen LogP contribution in [0.4, 0.5) is 0 Å². The first-order chi connectivity index (χ1) is 9.09. The number of piperazine rings is 1. The average molecular weight is 262 g/mol. The molecule has 2 heterocycles. The summed E-state index contributed by atoms with van der Waals surface area (Å²) in [5.74, 6) is 0. The van der Waals surface area contributed by atoms with Gasteiger partial charge in [-0.05, 0) is 32.9 Å². The summed E-state index contributed by atoms with van der Waals surface area (Å²) in [6.45, 7) is 11.0. The molecule has 4 nitrogen and oxygen atoms in total. The van der Waals surface area contributed by atoms with Crippen LogP contribution in [0.3, 0.4) is 0 Å². The Hall–Kier alpha value is -0.970. The molecule has 4 heteroatoms. The van der Waals surface area contributed by atoms with Crippen LogP contribution in [-0.2, 0) is 0 Å². The van der Waals surface area contributed by atoms with Crippen LogP contribution in [0.15, 0.2) is 24.4 Å². The molecule has 1 aromatic rings. The SMILES string of the molecule is CC(N)C(c1ccccn1)N1CCN(C(C)C)CC1. The molecule has 1 aliphatic heterocycles. The number of hydrogen-bond donors (Lipinski definition) is 1. The van der Waals surface area contributed by atoms with E-state index >= 15 is 0 Å². The first-order valence-electron chi connectivity index (χ1n) is 7.24. The second kappa shape index (κ2) is 6.46. The Morgan fingerprint density at radius 1 is 1.05 bits per heavy atom. The van der Waals surface area contributed by atoms with Gasteiger partial charge in [-0.15, -0.1) is 0 Å². The van der Waals surface area contributed by atoms with Gasteiger partial charge in [-0.2, -0.15) is 0 Å². The monoisotopic (exact) mass is 262 g/mol. The maximum Gasteiger partial charge on any atom is 0.0671 e. The molecule has 1 fully saturated rings. The van der Waals surface area contributed by atoms with Crippen molar-refractivity contribution in [1.29, 1.82) is 0 Å². The van der Waals surface area contributed by atoms with Crippen molar-refractivity contribution in [2.24, 2.45) is 5.73 Å². The van der Waals surface area contributed by atoms with Crippen LogP contribution >= 0.6 is 0 Å². The maximum absolute atomic E-state index is 6.20. The van der Waals surface area contributed by atoms with E-state index in [0.29, 0.717) is 6.04 Å². The quantitative estimate of drug-likeness (QED) is 0.893. The second-order valence-electron chi connectivity index (χ2n) is 5.72. The van der Waals surface area contributed by atoms with Gasteiger partial charge in [0.25, 0.3) is 0 Å². The summed E-state index contributed by atoms with van der Waals surface area (Å²) in [6, 6.07) is 7.05. The van der Waals surface area contributed by atoms with Gasteiger partial charge in [0.05, 0.1) is 11.7 Å². The summed E-state index contributed by atoms with van der Waals surface area (Å²) in [5, 5.41) is 0. The van der Waals surface area contributed by atoms with E-state index in [1.165, 1.54) is 0 Å². The largest absolute Gasteiger partial charge is 0.326 e. The van der Waals surface area contributed by atoms with Crippen LogP contribution < -0.4 is 5.73 Å². The summed E-state index contributed by atoms with van der Waals surface area (Å²) in [6.07, 6.45) is 1.86. The topological polar surface area (TPSA) is 45.4 Å². The Balaban J connectivity index is 2.06. The van der Waals surface area contributed by atoms with Crippen LogP contribution in [0, 0.1) is 0 Å². The van der Waals surface area contributed by atoms with Crippen molar-refractivity contribution in [2.45, 2.75) is 38.9 Å². The van der Waals surface area contributed by atoms with Crippen molar-refractivity contribution in [1.82, 2.24) is 14.8 Å². The first kappa shape index (κ1) is 14.4. The van der Waals surface area contributed by atoms with Crippen molar-refractivity contribution in [3.05, 3.63) is 30.1 Å². The number of rotatable bonds is 4. The highest BCUT2D eigenvalue weighted by molar-refractivity contribution is 5.11. The van der Waals surface area contributed by atoms with Crippen LogP contribution in [0.2, 0.25) is 0 Å². The molecule has 0 saturated carbocycles. The molecule has 0 radical (unpaired) electrons. The Kier molecular flexibility index (Phi) is 4.91. The Morgan fingerprint density at radius 3 is 2.16 bits per heavy atom. The van der Waals surface area contributed by atoms with E-state index in [1.54, 1.807) is 0 Å². The predicted molar refractivity (Wildman–Crippen MR) is 78.9 cm³/mol. The summed E-state index contributed by atoms with van der Waals surface area (Å²) in [4.78, 5) is 9.49. The Labute approximate surface area is 116 Å². The van der Waals surface area contributed by atoms with E-state index in [9.17, 15) is 0 Å². The summed E-state index contributed by atoms with van der Waals surface area (Å²) in [5.41, 5.74) is 7.29. The molecule has 0 aliphatic carbocycles. The molecular formula is C15H26N4. The van der Waals surface area contributed by atoms with E-state index in [0.717, 1.165) is 31.9 Å². The molecule has 0 bridgehead atoms. The molecule has 0 amide bonds. The van der Waals surface area contributed by atoms with E-state index in [2.05, 4.69) is 41.6 Å². The molecule has 19 heavy (non-hydrogen) atoms. The molecule has 1 aliphatic rings. The Bertz CT molecular complexity index is 369. The molecule has 0 aromatic carbocycles. The molecule has 2 unspecified atom stereocenters. The minimum Gasteiger partial charge on any atom is -0.326 e. The highest BCUT2D eigenvalue weighted by Crippen LogP contribution is 2.23. The van der Waals surface area contributed by atoms with Crippen molar-refractivity contribution in [3.63, 3.8) is 0 Å². The lowest BCUT2D eigenvalue weighted by molar-refractivity contribution is 0.0690. The van der Waals surface area contributed by atoms with E-state index in [-0.39, 0.29) is 12.1 Å². The van der Waals surface area contributed by atoms with Gasteiger partial charge in [-0.1, -0.05) is 6.07 Å². The lowest BCUT2D eigenvalue weighted by Gasteiger charge is -2.41. The third kappa shape index (κ3) is 3.53. The molecule has 1 aromatic heterocycles. The predicted octanol–water partition coefficient (Wildman–Crippen LogP) is 1.50. The fourth-order valence-electron chi connectivity index (χ4n) is 2.87. The lowest BCUT2D eigenvalue weighted by atomic mass is 10.0. The van der Waals surface area contributed by atoms with Gasteiger partial charge < -0.3 is 5.73 Å². The van der Waals surface area contributed by atoms with Crippen molar-refractivity contribution in [2.75, 3.05) is 26.2 Å². The highest BCUT2D eigenvalue weighted by Gasteiger charge is 2.28. The first-order valence-corrected chi connectivity index (χ1v) is 7.24. The van der Waals surface area contributed by atoms with Gasteiger partial charge in [0, 0.05) is 44.5 Å². The number of aromatic nitrogens is 1. The molecule has 0 spiro atoms. The van der Waals surface area contributed by atoms with E-state index in [4.69, 9.17) is 5.73 Å². The molecule has 2 atom stereocenters. The van der Waals surface area contributed by atoms with E-state index in [1.807, 2.05) is 18.3 Å². The second-order valence-corrected chi connectivity index (χ2v) is 5.72. The zero-order chi connectivity index (χ0) is 13.8. The smallest absolute Gasteiger partial charge is 0.0671 e.